The molecule has 0 fully saturated rings. The highest BCUT2D eigenvalue weighted by Gasteiger charge is 2.26. The van der Waals surface area contributed by atoms with Crippen LogP contribution in [0.15, 0.2) is 41.3 Å². The Morgan fingerprint density at radius 3 is 2.30 bits per heavy atom. The van der Waals surface area contributed by atoms with Crippen molar-refractivity contribution in [1.29, 1.82) is 5.26 Å². The van der Waals surface area contributed by atoms with E-state index in [0.717, 1.165) is 6.07 Å². The predicted octanol–water partition coefficient (Wildman–Crippen LogP) is 3.60. The van der Waals surface area contributed by atoms with Gasteiger partial charge in [-0.05, 0) is 42.8 Å². The number of nitro benzene ring substituents is 1. The summed E-state index contributed by atoms with van der Waals surface area (Å²) in [5.41, 5.74) is 0.616. The average Bonchev–Trinajstić information content (AvgIpc) is 2.64. The third kappa shape index (κ3) is 4.24. The van der Waals surface area contributed by atoms with Gasteiger partial charge in [0.1, 0.15) is 5.75 Å². The molecule has 0 unspecified atom stereocenters. The van der Waals surface area contributed by atoms with E-state index in [1.54, 1.807) is 26.8 Å². The van der Waals surface area contributed by atoms with Crippen molar-refractivity contribution < 1.29 is 18.1 Å². The van der Waals surface area contributed by atoms with Gasteiger partial charge in [0.25, 0.3) is 0 Å². The Morgan fingerprint density at radius 1 is 1.15 bits per heavy atom. The molecule has 0 amide bonds. The van der Waals surface area contributed by atoms with Crippen LogP contribution in [-0.4, -0.2) is 30.7 Å². The molecule has 0 bridgehead atoms. The Balaban J connectivity index is 2.48. The largest absolute Gasteiger partial charge is 0.450 e. The van der Waals surface area contributed by atoms with Crippen molar-refractivity contribution in [1.82, 2.24) is 4.31 Å². The standard InChI is InChI=1S/C18H19N3O5S/c1-4-20(5-2)27(24,25)15-7-9-18(16(11-15)21(22)23)26-17-8-6-14(12-19)10-13(17)3/h6-11H,4-5H2,1-3H3. The van der Waals surface area contributed by atoms with E-state index in [1.165, 1.54) is 28.6 Å². The molecule has 0 aliphatic heterocycles. The van der Waals surface area contributed by atoms with Crippen molar-refractivity contribution >= 4 is 15.7 Å². The van der Waals surface area contributed by atoms with Gasteiger partial charge in [-0.3, -0.25) is 10.1 Å². The van der Waals surface area contributed by atoms with Gasteiger partial charge in [0, 0.05) is 19.2 Å². The molecule has 0 radical (unpaired) electrons. The normalized spacial score (nSPS) is 11.2. The molecule has 2 rings (SSSR count). The number of nitro groups is 1. The van der Waals surface area contributed by atoms with E-state index < -0.39 is 20.6 Å². The number of ether oxygens (including phenoxy) is 1. The van der Waals surface area contributed by atoms with Crippen molar-refractivity contribution in [3.8, 4) is 17.6 Å². The summed E-state index contributed by atoms with van der Waals surface area (Å²) >= 11 is 0. The summed E-state index contributed by atoms with van der Waals surface area (Å²) < 4.78 is 32.0. The molecule has 0 spiro atoms. The summed E-state index contributed by atoms with van der Waals surface area (Å²) in [6.45, 7) is 5.62. The lowest BCUT2D eigenvalue weighted by atomic mass is 10.1. The zero-order chi connectivity index (χ0) is 20.2. The van der Waals surface area contributed by atoms with Crippen molar-refractivity contribution in [3.05, 3.63) is 57.6 Å². The van der Waals surface area contributed by atoms with Gasteiger partial charge in [-0.25, -0.2) is 8.42 Å². The van der Waals surface area contributed by atoms with Crippen LogP contribution in [-0.2, 0) is 10.0 Å². The van der Waals surface area contributed by atoms with Gasteiger partial charge >= 0.3 is 5.69 Å². The Bertz CT molecular complexity index is 1010. The zero-order valence-electron chi connectivity index (χ0n) is 15.2. The van der Waals surface area contributed by atoms with Crippen LogP contribution < -0.4 is 4.74 Å². The number of nitrogens with zero attached hydrogens (tertiary/aromatic N) is 3. The molecule has 0 saturated carbocycles. The van der Waals surface area contributed by atoms with Crippen LogP contribution in [0.2, 0.25) is 0 Å². The Morgan fingerprint density at radius 2 is 1.78 bits per heavy atom. The number of rotatable bonds is 7. The number of sulfonamides is 1. The fraction of sp³-hybridized carbons (Fsp3) is 0.278. The van der Waals surface area contributed by atoms with Gasteiger partial charge in [0.05, 0.1) is 21.5 Å². The highest BCUT2D eigenvalue weighted by molar-refractivity contribution is 7.89. The van der Waals surface area contributed by atoms with Gasteiger partial charge in [-0.1, -0.05) is 13.8 Å². The molecular weight excluding hydrogens is 370 g/mol. The quantitative estimate of drug-likeness (QED) is 0.528. The molecule has 0 atom stereocenters. The number of nitriles is 1. The molecule has 0 saturated heterocycles. The van der Waals surface area contributed by atoms with Crippen molar-refractivity contribution in [2.45, 2.75) is 25.7 Å². The van der Waals surface area contributed by atoms with Crippen LogP contribution in [0.5, 0.6) is 11.5 Å². The molecular formula is C18H19N3O5S. The fourth-order valence-electron chi connectivity index (χ4n) is 2.55. The number of benzene rings is 2. The molecule has 0 aliphatic rings. The van der Waals surface area contributed by atoms with Crippen LogP contribution in [0.3, 0.4) is 0 Å². The zero-order valence-corrected chi connectivity index (χ0v) is 16.0. The summed E-state index contributed by atoms with van der Waals surface area (Å²) in [5, 5.41) is 20.4. The Hall–Kier alpha value is -2.96. The lowest BCUT2D eigenvalue weighted by Crippen LogP contribution is -2.30. The lowest BCUT2D eigenvalue weighted by Gasteiger charge is -2.18. The first-order valence-corrected chi connectivity index (χ1v) is 9.65. The molecule has 0 heterocycles. The maximum absolute atomic E-state index is 12.6. The summed E-state index contributed by atoms with van der Waals surface area (Å²) in [7, 11) is -3.83. The van der Waals surface area contributed by atoms with E-state index >= 15 is 0 Å². The van der Waals surface area contributed by atoms with Crippen molar-refractivity contribution in [3.63, 3.8) is 0 Å². The minimum absolute atomic E-state index is 0.0775. The van der Waals surface area contributed by atoms with Crippen molar-refractivity contribution in [2.75, 3.05) is 13.1 Å². The van der Waals surface area contributed by atoms with Gasteiger partial charge < -0.3 is 4.74 Å². The topological polar surface area (TPSA) is 114 Å². The second-order valence-corrected chi connectivity index (χ2v) is 7.61. The predicted molar refractivity (Wildman–Crippen MR) is 99.2 cm³/mol. The maximum atomic E-state index is 12.6. The fourth-order valence-corrected chi connectivity index (χ4v) is 4.03. The van der Waals surface area contributed by atoms with Crippen LogP contribution in [0, 0.1) is 28.4 Å². The highest BCUT2D eigenvalue weighted by Crippen LogP contribution is 2.35. The molecule has 27 heavy (non-hydrogen) atoms. The third-order valence-corrected chi connectivity index (χ3v) is 6.04. The summed E-state index contributed by atoms with van der Waals surface area (Å²) in [6, 6.07) is 10.2. The maximum Gasteiger partial charge on any atom is 0.312 e. The number of hydrogen-bond acceptors (Lipinski definition) is 6. The highest BCUT2D eigenvalue weighted by atomic mass is 32.2. The molecule has 0 aromatic heterocycles. The van der Waals surface area contributed by atoms with Crippen molar-refractivity contribution in [2.24, 2.45) is 0 Å². The number of hydrogen-bond donors (Lipinski definition) is 0. The van der Waals surface area contributed by atoms with E-state index in [4.69, 9.17) is 10.00 Å². The molecule has 8 nitrogen and oxygen atoms in total. The minimum atomic E-state index is -3.83. The SMILES string of the molecule is CCN(CC)S(=O)(=O)c1ccc(Oc2ccc(C#N)cc2C)c([N+](=O)[O-])c1. The number of aryl methyl sites for hydroxylation is 1. The molecule has 0 N–H and O–H groups in total. The van der Waals surface area contributed by atoms with Gasteiger partial charge in [0.15, 0.2) is 0 Å². The van der Waals surface area contributed by atoms with Crippen LogP contribution in [0.4, 0.5) is 5.69 Å². The minimum Gasteiger partial charge on any atom is -0.450 e. The van der Waals surface area contributed by atoms with Gasteiger partial charge in [0.2, 0.25) is 15.8 Å². The first kappa shape index (κ1) is 20.4. The average molecular weight is 389 g/mol. The van der Waals surface area contributed by atoms with E-state index in [1.807, 2.05) is 6.07 Å². The monoisotopic (exact) mass is 389 g/mol. The van der Waals surface area contributed by atoms with Crippen LogP contribution in [0.25, 0.3) is 0 Å². The van der Waals surface area contributed by atoms with E-state index in [0.29, 0.717) is 16.9 Å². The Kier molecular flexibility index (Phi) is 6.15. The summed E-state index contributed by atoms with van der Waals surface area (Å²) in [4.78, 5) is 10.6. The van der Waals surface area contributed by atoms with Crippen LogP contribution in [0.1, 0.15) is 25.0 Å². The second-order valence-electron chi connectivity index (χ2n) is 5.67. The van der Waals surface area contributed by atoms with E-state index in [9.17, 15) is 18.5 Å². The lowest BCUT2D eigenvalue weighted by molar-refractivity contribution is -0.385. The molecule has 2 aromatic carbocycles. The first-order valence-electron chi connectivity index (χ1n) is 8.21. The molecule has 2 aromatic rings. The smallest absolute Gasteiger partial charge is 0.312 e. The van der Waals surface area contributed by atoms with Gasteiger partial charge in [-0.15, -0.1) is 0 Å². The molecule has 142 valence electrons. The van der Waals surface area contributed by atoms with Crippen LogP contribution >= 0.6 is 0 Å². The summed E-state index contributed by atoms with van der Waals surface area (Å²) in [6.07, 6.45) is 0. The van der Waals surface area contributed by atoms with E-state index in [2.05, 4.69) is 0 Å². The second kappa shape index (κ2) is 8.16. The Labute approximate surface area is 157 Å². The first-order chi connectivity index (χ1) is 12.7. The van der Waals surface area contributed by atoms with Gasteiger partial charge in [-0.2, -0.15) is 9.57 Å². The third-order valence-electron chi connectivity index (χ3n) is 3.99. The summed E-state index contributed by atoms with van der Waals surface area (Å²) in [5.74, 6) is 0.266. The molecule has 0 aliphatic carbocycles. The molecule has 9 heteroatoms. The van der Waals surface area contributed by atoms with E-state index in [-0.39, 0.29) is 23.7 Å².